The van der Waals surface area contributed by atoms with Crippen molar-refractivity contribution >= 4 is 42.8 Å². The van der Waals surface area contributed by atoms with E-state index < -0.39 is 0 Å². The minimum atomic E-state index is -0.268. The summed E-state index contributed by atoms with van der Waals surface area (Å²) < 4.78 is 14.6. The third-order valence-corrected chi connectivity index (χ3v) is 3.17. The van der Waals surface area contributed by atoms with Gasteiger partial charge in [-0.1, -0.05) is 15.9 Å². The van der Waals surface area contributed by atoms with Crippen molar-refractivity contribution in [3.8, 4) is 0 Å². The van der Waals surface area contributed by atoms with Gasteiger partial charge in [0.1, 0.15) is 5.82 Å². The summed E-state index contributed by atoms with van der Waals surface area (Å²) in [7, 11) is 0. The number of fused-ring (bicyclic) bond motifs is 1. The van der Waals surface area contributed by atoms with Gasteiger partial charge in [-0.05, 0) is 41.1 Å². The molecule has 1 aromatic heterocycles. The van der Waals surface area contributed by atoms with Crippen molar-refractivity contribution in [2.75, 3.05) is 0 Å². The molecule has 0 aliphatic heterocycles. The second-order valence-corrected chi connectivity index (χ2v) is 4.74. The maximum atomic E-state index is 13.1. The third-order valence-electron chi connectivity index (χ3n) is 1.91. The first-order valence-electron chi connectivity index (χ1n) is 4.00. The Balaban J connectivity index is 2.94. The van der Waals surface area contributed by atoms with Crippen molar-refractivity contribution in [1.82, 2.24) is 4.98 Å². The van der Waals surface area contributed by atoms with Crippen LogP contribution >= 0.6 is 31.9 Å². The molecule has 0 bridgehead atoms. The monoisotopic (exact) mass is 317 g/mol. The zero-order chi connectivity index (χ0) is 10.3. The minimum absolute atomic E-state index is 0.268. The van der Waals surface area contributed by atoms with Gasteiger partial charge in [0, 0.05) is 20.0 Å². The highest BCUT2D eigenvalue weighted by Crippen LogP contribution is 2.29. The van der Waals surface area contributed by atoms with Crippen LogP contribution in [0.25, 0.3) is 10.9 Å². The second-order valence-electron chi connectivity index (χ2n) is 3.03. The van der Waals surface area contributed by atoms with Crippen LogP contribution in [0.3, 0.4) is 0 Å². The van der Waals surface area contributed by atoms with Crippen molar-refractivity contribution in [3.05, 3.63) is 38.7 Å². The summed E-state index contributed by atoms with van der Waals surface area (Å²) in [6.07, 6.45) is 0. The topological polar surface area (TPSA) is 12.9 Å². The molecule has 1 nitrogen and oxygen atoms in total. The van der Waals surface area contributed by atoms with Crippen LogP contribution in [0.1, 0.15) is 5.69 Å². The molecular formula is C10H6Br2FN. The van der Waals surface area contributed by atoms with E-state index >= 15 is 0 Å². The number of nitrogens with zero attached hydrogens (tertiary/aromatic N) is 1. The van der Waals surface area contributed by atoms with Crippen LogP contribution in [0.2, 0.25) is 0 Å². The summed E-state index contributed by atoms with van der Waals surface area (Å²) in [4.78, 5) is 4.33. The van der Waals surface area contributed by atoms with Gasteiger partial charge in [0.25, 0.3) is 0 Å². The van der Waals surface area contributed by atoms with Crippen molar-refractivity contribution in [3.63, 3.8) is 0 Å². The molecule has 2 aromatic rings. The zero-order valence-corrected chi connectivity index (χ0v) is 10.5. The van der Waals surface area contributed by atoms with Crippen LogP contribution in [0, 0.1) is 12.7 Å². The van der Waals surface area contributed by atoms with E-state index in [2.05, 4.69) is 36.8 Å². The maximum absolute atomic E-state index is 13.1. The molecular weight excluding hydrogens is 313 g/mol. The quantitative estimate of drug-likeness (QED) is 0.709. The van der Waals surface area contributed by atoms with Crippen molar-refractivity contribution in [2.24, 2.45) is 0 Å². The number of halogens is 3. The van der Waals surface area contributed by atoms with Gasteiger partial charge in [-0.15, -0.1) is 0 Å². The Morgan fingerprint density at radius 2 is 1.86 bits per heavy atom. The standard InChI is InChI=1S/C10H6Br2FN/c1-5-2-8(11)7-3-6(13)4-9(12)10(7)14-5/h2-4H,1H3. The van der Waals surface area contributed by atoms with Crippen molar-refractivity contribution in [2.45, 2.75) is 6.92 Å². The highest BCUT2D eigenvalue weighted by atomic mass is 79.9. The molecule has 2 rings (SSSR count). The lowest BCUT2D eigenvalue weighted by Crippen LogP contribution is -1.87. The van der Waals surface area contributed by atoms with Gasteiger partial charge >= 0.3 is 0 Å². The first-order valence-corrected chi connectivity index (χ1v) is 5.58. The number of hydrogen-bond donors (Lipinski definition) is 0. The number of hydrogen-bond acceptors (Lipinski definition) is 1. The highest BCUT2D eigenvalue weighted by Gasteiger charge is 2.07. The second kappa shape index (κ2) is 3.59. The van der Waals surface area contributed by atoms with E-state index in [0.29, 0.717) is 4.47 Å². The minimum Gasteiger partial charge on any atom is -0.252 e. The summed E-state index contributed by atoms with van der Waals surface area (Å²) in [5.41, 5.74) is 1.68. The fourth-order valence-electron chi connectivity index (χ4n) is 1.33. The Hall–Kier alpha value is -0.480. The molecule has 0 fully saturated rings. The van der Waals surface area contributed by atoms with Gasteiger partial charge < -0.3 is 0 Å². The maximum Gasteiger partial charge on any atom is 0.125 e. The van der Waals surface area contributed by atoms with Gasteiger partial charge in [0.15, 0.2) is 0 Å². The first-order chi connectivity index (χ1) is 6.58. The van der Waals surface area contributed by atoms with Crippen LogP contribution in [0.5, 0.6) is 0 Å². The lowest BCUT2D eigenvalue weighted by Gasteiger charge is -2.04. The van der Waals surface area contributed by atoms with Crippen LogP contribution in [0.4, 0.5) is 4.39 Å². The van der Waals surface area contributed by atoms with Crippen molar-refractivity contribution in [1.29, 1.82) is 0 Å². The lowest BCUT2D eigenvalue weighted by atomic mass is 10.2. The molecule has 0 amide bonds. The van der Waals surface area contributed by atoms with Gasteiger partial charge in [0.2, 0.25) is 0 Å². The summed E-state index contributed by atoms with van der Waals surface area (Å²) in [5.74, 6) is -0.268. The van der Waals surface area contributed by atoms with E-state index in [1.54, 1.807) is 0 Å². The van der Waals surface area contributed by atoms with E-state index in [9.17, 15) is 4.39 Å². The number of aryl methyl sites for hydroxylation is 1. The Labute approximate surface area is 97.6 Å². The molecule has 4 heteroatoms. The average molecular weight is 319 g/mol. The number of pyridine rings is 1. The number of aromatic nitrogens is 1. The molecule has 1 aromatic carbocycles. The van der Waals surface area contributed by atoms with Crippen LogP contribution < -0.4 is 0 Å². The predicted octanol–water partition coefficient (Wildman–Crippen LogP) is 4.21. The van der Waals surface area contributed by atoms with Crippen LogP contribution in [0.15, 0.2) is 27.1 Å². The Bertz CT molecular complexity index is 464. The predicted molar refractivity (Wildman–Crippen MR) is 61.8 cm³/mol. The lowest BCUT2D eigenvalue weighted by molar-refractivity contribution is 0.629. The zero-order valence-electron chi connectivity index (χ0n) is 7.31. The van der Waals surface area contributed by atoms with Crippen molar-refractivity contribution < 1.29 is 4.39 Å². The third kappa shape index (κ3) is 1.68. The normalized spacial score (nSPS) is 10.9. The van der Waals surface area contributed by atoms with Gasteiger partial charge in [-0.25, -0.2) is 4.39 Å². The van der Waals surface area contributed by atoms with Crippen LogP contribution in [-0.2, 0) is 0 Å². The Kier molecular flexibility index (Phi) is 2.58. The number of rotatable bonds is 0. The largest absolute Gasteiger partial charge is 0.252 e. The fraction of sp³-hybridized carbons (Fsp3) is 0.100. The molecule has 0 unspecified atom stereocenters. The smallest absolute Gasteiger partial charge is 0.125 e. The first kappa shape index (κ1) is 10.1. The molecule has 14 heavy (non-hydrogen) atoms. The van der Waals surface area contributed by atoms with Gasteiger partial charge in [0.05, 0.1) is 5.52 Å². The molecule has 0 atom stereocenters. The SMILES string of the molecule is Cc1cc(Br)c2cc(F)cc(Br)c2n1. The Morgan fingerprint density at radius 1 is 1.14 bits per heavy atom. The molecule has 0 N–H and O–H groups in total. The fourth-order valence-corrected chi connectivity index (χ4v) is 2.49. The van der Waals surface area contributed by atoms with E-state index in [1.807, 2.05) is 13.0 Å². The van der Waals surface area contributed by atoms with Gasteiger partial charge in [-0.3, -0.25) is 4.98 Å². The molecule has 1 heterocycles. The molecule has 0 saturated carbocycles. The van der Waals surface area contributed by atoms with Crippen LogP contribution in [-0.4, -0.2) is 4.98 Å². The summed E-state index contributed by atoms with van der Waals surface area (Å²) in [6.45, 7) is 1.90. The van der Waals surface area contributed by atoms with E-state index in [1.165, 1.54) is 12.1 Å². The van der Waals surface area contributed by atoms with E-state index in [4.69, 9.17) is 0 Å². The summed E-state index contributed by atoms with van der Waals surface area (Å²) in [6, 6.07) is 4.76. The molecule has 0 aliphatic carbocycles. The van der Waals surface area contributed by atoms with Gasteiger partial charge in [-0.2, -0.15) is 0 Å². The molecule has 0 saturated heterocycles. The number of benzene rings is 1. The Morgan fingerprint density at radius 3 is 2.57 bits per heavy atom. The molecule has 72 valence electrons. The summed E-state index contributed by atoms with van der Waals surface area (Å²) in [5, 5.41) is 0.780. The molecule has 0 spiro atoms. The van der Waals surface area contributed by atoms with E-state index in [-0.39, 0.29) is 5.82 Å². The molecule has 0 radical (unpaired) electrons. The summed E-state index contributed by atoms with van der Waals surface area (Å²) >= 11 is 6.68. The highest BCUT2D eigenvalue weighted by molar-refractivity contribution is 9.11. The average Bonchev–Trinajstić information content (AvgIpc) is 2.07. The molecule has 0 aliphatic rings. The van der Waals surface area contributed by atoms with E-state index in [0.717, 1.165) is 21.1 Å².